The summed E-state index contributed by atoms with van der Waals surface area (Å²) in [4.78, 5) is 17.3. The predicted octanol–water partition coefficient (Wildman–Crippen LogP) is 3.18. The van der Waals surface area contributed by atoms with E-state index in [9.17, 15) is 9.90 Å². The summed E-state index contributed by atoms with van der Waals surface area (Å²) in [6.07, 6.45) is 4.47. The minimum Gasteiger partial charge on any atom is -0.477 e. The maximum Gasteiger partial charge on any atom is 0.349 e. The van der Waals surface area contributed by atoms with Gasteiger partial charge in [-0.25, -0.2) is 14.5 Å². The van der Waals surface area contributed by atoms with Crippen LogP contribution in [0.2, 0.25) is 5.15 Å². The summed E-state index contributed by atoms with van der Waals surface area (Å²) in [5.74, 6) is 1.01. The van der Waals surface area contributed by atoms with Crippen LogP contribution in [0.3, 0.4) is 0 Å². The van der Waals surface area contributed by atoms with E-state index in [0.717, 1.165) is 17.7 Å². The lowest BCUT2D eigenvalue weighted by Gasteiger charge is -2.11. The number of aromatic nitrogens is 5. The number of aromatic hydroxyl groups is 1. The van der Waals surface area contributed by atoms with Crippen LogP contribution in [0.15, 0.2) is 47.5 Å². The topological polar surface area (TPSA) is 85.5 Å². The highest BCUT2D eigenvalue weighted by molar-refractivity contribution is 6.29. The number of hydrogen-bond donors (Lipinski definition) is 1. The van der Waals surface area contributed by atoms with Crippen molar-refractivity contribution in [3.8, 4) is 17.5 Å². The van der Waals surface area contributed by atoms with Gasteiger partial charge in [-0.2, -0.15) is 14.1 Å². The van der Waals surface area contributed by atoms with Crippen LogP contribution in [0.5, 0.6) is 17.5 Å². The van der Waals surface area contributed by atoms with Crippen LogP contribution in [0.25, 0.3) is 5.65 Å². The van der Waals surface area contributed by atoms with E-state index in [-0.39, 0.29) is 11.4 Å². The first-order valence-electron chi connectivity index (χ1n) is 9.96. The first kappa shape index (κ1) is 20.9. The number of fused-ring (bicyclic) bond motifs is 1. The Balaban J connectivity index is 1.84. The van der Waals surface area contributed by atoms with Gasteiger partial charge in [-0.15, -0.1) is 0 Å². The van der Waals surface area contributed by atoms with Gasteiger partial charge in [0.1, 0.15) is 23.5 Å². The first-order chi connectivity index (χ1) is 14.9. The van der Waals surface area contributed by atoms with E-state index in [1.807, 2.05) is 26.0 Å². The molecule has 0 bridgehead atoms. The first-order valence-corrected chi connectivity index (χ1v) is 10.3. The van der Waals surface area contributed by atoms with Gasteiger partial charge in [0.15, 0.2) is 5.75 Å². The number of pyridine rings is 2. The average Bonchev–Trinajstić information content (AvgIpc) is 3.06. The number of rotatable bonds is 6. The van der Waals surface area contributed by atoms with Gasteiger partial charge in [-0.05, 0) is 25.5 Å². The molecule has 0 aliphatic heterocycles. The molecule has 0 aliphatic carbocycles. The van der Waals surface area contributed by atoms with E-state index in [4.69, 9.17) is 16.3 Å². The lowest BCUT2D eigenvalue weighted by molar-refractivity contribution is -0.672. The maximum atomic E-state index is 13.2. The number of aryl methyl sites for hydroxylation is 2. The molecule has 8 nitrogen and oxygen atoms in total. The fraction of sp³-hybridized carbons (Fsp3) is 0.273. The van der Waals surface area contributed by atoms with Gasteiger partial charge >= 0.3 is 5.56 Å². The fourth-order valence-corrected chi connectivity index (χ4v) is 3.65. The highest BCUT2D eigenvalue weighted by Gasteiger charge is 2.24. The predicted molar refractivity (Wildman–Crippen MR) is 116 cm³/mol. The number of nitrogens with zero attached hydrogens (tertiary/aromatic N) is 5. The molecule has 4 heterocycles. The molecule has 0 aromatic carbocycles. The van der Waals surface area contributed by atoms with Crippen molar-refractivity contribution in [3.63, 3.8) is 0 Å². The molecule has 1 N–H and O–H groups in total. The van der Waals surface area contributed by atoms with Gasteiger partial charge in [0.2, 0.25) is 5.88 Å². The summed E-state index contributed by atoms with van der Waals surface area (Å²) in [6.45, 7) is 4.18. The van der Waals surface area contributed by atoms with Gasteiger partial charge in [-0.1, -0.05) is 31.0 Å². The van der Waals surface area contributed by atoms with E-state index in [1.54, 1.807) is 46.9 Å². The van der Waals surface area contributed by atoms with Crippen molar-refractivity contribution >= 4 is 17.2 Å². The zero-order valence-electron chi connectivity index (χ0n) is 17.5. The lowest BCUT2D eigenvalue weighted by Crippen LogP contribution is -2.42. The molecule has 0 saturated carbocycles. The molecular formula is C22H23ClN5O3+. The Hall–Kier alpha value is -3.39. The minimum atomic E-state index is -0.272. The molecule has 0 saturated heterocycles. The van der Waals surface area contributed by atoms with Crippen LogP contribution < -0.4 is 14.9 Å². The minimum absolute atomic E-state index is 0.0438. The van der Waals surface area contributed by atoms with Crippen molar-refractivity contribution in [3.05, 3.63) is 75.1 Å². The Kier molecular flexibility index (Phi) is 5.65. The van der Waals surface area contributed by atoms with E-state index >= 15 is 0 Å². The molecule has 0 atom stereocenters. The van der Waals surface area contributed by atoms with E-state index in [0.29, 0.717) is 41.0 Å². The molecule has 9 heteroatoms. The number of halogens is 1. The monoisotopic (exact) mass is 440 g/mol. The quantitative estimate of drug-likeness (QED) is 0.367. The largest absolute Gasteiger partial charge is 0.477 e. The third kappa shape index (κ3) is 4.11. The zero-order chi connectivity index (χ0) is 22.1. The maximum absolute atomic E-state index is 13.2. The van der Waals surface area contributed by atoms with E-state index in [1.165, 1.54) is 4.40 Å². The molecule has 0 fully saturated rings. The van der Waals surface area contributed by atoms with Gasteiger partial charge in [0, 0.05) is 30.9 Å². The third-order valence-corrected chi connectivity index (χ3v) is 5.21. The SMILES string of the molecule is CCCc1c(O)[n+](Cc2ccc(Cl)nc2)c2ccc(Oc3cc(C)nn3C)cn2c1=O. The summed E-state index contributed by atoms with van der Waals surface area (Å²) in [7, 11) is 1.79. The second-order valence-electron chi connectivity index (χ2n) is 7.38. The average molecular weight is 441 g/mol. The van der Waals surface area contributed by atoms with Crippen molar-refractivity contribution in [2.75, 3.05) is 0 Å². The van der Waals surface area contributed by atoms with Crippen LogP contribution in [-0.4, -0.2) is 24.3 Å². The van der Waals surface area contributed by atoms with Gasteiger partial charge in [0.25, 0.3) is 11.5 Å². The Labute approximate surface area is 183 Å². The second-order valence-corrected chi connectivity index (χ2v) is 7.76. The van der Waals surface area contributed by atoms with Crippen molar-refractivity contribution in [2.45, 2.75) is 33.2 Å². The molecule has 0 radical (unpaired) electrons. The summed E-state index contributed by atoms with van der Waals surface area (Å²) >= 11 is 5.89. The Bertz CT molecular complexity index is 1310. The van der Waals surface area contributed by atoms with Gasteiger partial charge < -0.3 is 9.84 Å². The molecule has 31 heavy (non-hydrogen) atoms. The van der Waals surface area contributed by atoms with Crippen molar-refractivity contribution in [2.24, 2.45) is 7.05 Å². The number of hydrogen-bond acceptors (Lipinski definition) is 5. The zero-order valence-corrected chi connectivity index (χ0v) is 18.3. The molecule has 4 aromatic heterocycles. The summed E-state index contributed by atoms with van der Waals surface area (Å²) in [5, 5.41) is 15.6. The number of ether oxygens (including phenoxy) is 1. The Morgan fingerprint density at radius 2 is 2.06 bits per heavy atom. The van der Waals surface area contributed by atoms with Crippen molar-refractivity contribution in [1.82, 2.24) is 19.2 Å². The van der Waals surface area contributed by atoms with Gasteiger partial charge in [0.05, 0.1) is 5.69 Å². The van der Waals surface area contributed by atoms with Crippen LogP contribution in [0.4, 0.5) is 0 Å². The van der Waals surface area contributed by atoms with Crippen LogP contribution in [0.1, 0.15) is 30.2 Å². The standard InChI is InChI=1S/C22H22ClN5O3/c1-4-5-17-21(29)27(12-15-6-8-18(23)24-11-15)19-9-7-16(13-28(19)22(17)30)31-20-10-14(2)25-26(20)3/h6-11,13H,4-5,12H2,1-3H3/p+1. The van der Waals surface area contributed by atoms with E-state index < -0.39 is 0 Å². The van der Waals surface area contributed by atoms with E-state index in [2.05, 4.69) is 10.1 Å². The smallest absolute Gasteiger partial charge is 0.349 e. The molecule has 0 amide bonds. The molecular weight excluding hydrogens is 418 g/mol. The van der Waals surface area contributed by atoms with Crippen molar-refractivity contribution < 1.29 is 14.4 Å². The summed E-state index contributed by atoms with van der Waals surface area (Å²) < 4.78 is 10.8. The Morgan fingerprint density at radius 1 is 1.26 bits per heavy atom. The summed E-state index contributed by atoms with van der Waals surface area (Å²) in [5.41, 5.74) is 2.30. The van der Waals surface area contributed by atoms with Gasteiger partial charge in [-0.3, -0.25) is 0 Å². The highest BCUT2D eigenvalue weighted by Crippen LogP contribution is 2.22. The van der Waals surface area contributed by atoms with Crippen molar-refractivity contribution in [1.29, 1.82) is 0 Å². The molecule has 0 unspecified atom stereocenters. The summed E-state index contributed by atoms with van der Waals surface area (Å²) in [6, 6.07) is 8.86. The Morgan fingerprint density at radius 3 is 2.71 bits per heavy atom. The molecule has 0 spiro atoms. The molecule has 160 valence electrons. The normalized spacial score (nSPS) is 11.2. The van der Waals surface area contributed by atoms with Crippen LogP contribution in [-0.2, 0) is 20.0 Å². The van der Waals surface area contributed by atoms with Crippen LogP contribution in [0, 0.1) is 6.92 Å². The molecule has 4 aromatic rings. The van der Waals surface area contributed by atoms with Crippen LogP contribution >= 0.6 is 11.6 Å². The lowest BCUT2D eigenvalue weighted by atomic mass is 10.1. The third-order valence-electron chi connectivity index (χ3n) is 4.99. The second kappa shape index (κ2) is 8.39. The fourth-order valence-electron chi connectivity index (χ4n) is 3.54. The molecule has 4 rings (SSSR count). The molecule has 0 aliphatic rings. The highest BCUT2D eigenvalue weighted by atomic mass is 35.5.